The Morgan fingerprint density at radius 1 is 1.12 bits per heavy atom. The molecule has 0 spiro atoms. The molecule has 8 nitrogen and oxygen atoms in total. The second-order valence-corrected chi connectivity index (χ2v) is 7.15. The number of carbonyl (C=O) groups is 2. The minimum atomic E-state index is -1.08. The molecule has 0 aliphatic carbocycles. The van der Waals surface area contributed by atoms with E-state index in [1.807, 2.05) is 0 Å². The fourth-order valence-electron chi connectivity index (χ4n) is 3.65. The molecule has 3 aromatic rings. The Balaban J connectivity index is 1.89. The normalized spacial score (nSPS) is 17.5. The van der Waals surface area contributed by atoms with Crippen LogP contribution in [0.1, 0.15) is 22.7 Å². The molecule has 0 bridgehead atoms. The highest BCUT2D eigenvalue weighted by Crippen LogP contribution is 2.41. The van der Waals surface area contributed by atoms with Crippen LogP contribution >= 0.6 is 0 Å². The molecule has 1 aliphatic rings. The summed E-state index contributed by atoms with van der Waals surface area (Å²) >= 11 is 0. The summed E-state index contributed by atoms with van der Waals surface area (Å²) < 4.78 is 13.3. The van der Waals surface area contributed by atoms with Gasteiger partial charge in [-0.3, -0.25) is 24.7 Å². The van der Waals surface area contributed by atoms with Gasteiger partial charge in [-0.05, 0) is 41.5 Å². The third-order valence-electron chi connectivity index (χ3n) is 5.13. The van der Waals surface area contributed by atoms with Gasteiger partial charge in [-0.2, -0.15) is 0 Å². The summed E-state index contributed by atoms with van der Waals surface area (Å²) in [6.07, 6.45) is 3.09. The van der Waals surface area contributed by atoms with Crippen LogP contribution in [0.5, 0.6) is 0 Å². The number of ketones is 1. The summed E-state index contributed by atoms with van der Waals surface area (Å²) in [5.41, 5.74) is 0.598. The van der Waals surface area contributed by atoms with Crippen LogP contribution in [-0.4, -0.2) is 31.6 Å². The topological polar surface area (TPSA) is 114 Å². The molecule has 1 N–H and O–H groups in total. The number of amides is 1. The molecule has 0 unspecified atom stereocenters. The molecule has 4 rings (SSSR count). The van der Waals surface area contributed by atoms with E-state index in [2.05, 4.69) is 4.98 Å². The van der Waals surface area contributed by atoms with Crippen molar-refractivity contribution >= 4 is 23.1 Å². The van der Waals surface area contributed by atoms with Crippen LogP contribution in [-0.2, 0) is 16.1 Å². The Morgan fingerprint density at radius 2 is 1.88 bits per heavy atom. The highest BCUT2D eigenvalue weighted by molar-refractivity contribution is 6.46. The molecular weight excluding hydrogens is 417 g/mol. The zero-order valence-electron chi connectivity index (χ0n) is 16.5. The first-order chi connectivity index (χ1) is 15.4. The Morgan fingerprint density at radius 3 is 2.53 bits per heavy atom. The number of aliphatic hydroxyl groups is 1. The fraction of sp³-hybridized carbons (Fsp3) is 0.0870. The molecule has 32 heavy (non-hydrogen) atoms. The van der Waals surface area contributed by atoms with E-state index in [0.717, 1.165) is 12.1 Å². The van der Waals surface area contributed by atoms with Crippen molar-refractivity contribution in [2.24, 2.45) is 0 Å². The van der Waals surface area contributed by atoms with E-state index >= 15 is 0 Å². The highest BCUT2D eigenvalue weighted by Gasteiger charge is 2.46. The number of halogens is 1. The summed E-state index contributed by atoms with van der Waals surface area (Å²) in [6, 6.07) is 12.6. The van der Waals surface area contributed by atoms with Crippen LogP contribution in [0, 0.1) is 15.9 Å². The summed E-state index contributed by atoms with van der Waals surface area (Å²) in [7, 11) is 0. The number of nitrogens with zero attached hydrogens (tertiary/aromatic N) is 3. The van der Waals surface area contributed by atoms with Gasteiger partial charge in [-0.15, -0.1) is 0 Å². The molecule has 1 fully saturated rings. The third-order valence-corrected chi connectivity index (χ3v) is 5.13. The van der Waals surface area contributed by atoms with Gasteiger partial charge in [0.25, 0.3) is 17.4 Å². The number of benzene rings is 2. The van der Waals surface area contributed by atoms with Gasteiger partial charge >= 0.3 is 0 Å². The monoisotopic (exact) mass is 433 g/mol. The number of aliphatic hydroxyl groups excluding tert-OH is 1. The van der Waals surface area contributed by atoms with Crippen LogP contribution in [0.2, 0.25) is 0 Å². The molecule has 1 aromatic heterocycles. The maximum absolute atomic E-state index is 13.3. The minimum Gasteiger partial charge on any atom is -0.507 e. The van der Waals surface area contributed by atoms with E-state index in [4.69, 9.17) is 0 Å². The number of likely N-dealkylation sites (tertiary alicyclic amines) is 1. The summed E-state index contributed by atoms with van der Waals surface area (Å²) in [4.78, 5) is 41.8. The van der Waals surface area contributed by atoms with Crippen molar-refractivity contribution in [3.8, 4) is 0 Å². The Bertz CT molecular complexity index is 1240. The van der Waals surface area contributed by atoms with Crippen LogP contribution in [0.25, 0.3) is 5.76 Å². The lowest BCUT2D eigenvalue weighted by Gasteiger charge is -2.25. The van der Waals surface area contributed by atoms with Crippen molar-refractivity contribution in [1.29, 1.82) is 0 Å². The first-order valence-corrected chi connectivity index (χ1v) is 9.54. The Labute approximate surface area is 181 Å². The van der Waals surface area contributed by atoms with Gasteiger partial charge in [-0.1, -0.05) is 18.2 Å². The molecular formula is C23H16FN3O5. The van der Waals surface area contributed by atoms with Crippen LogP contribution in [0.15, 0.2) is 78.6 Å². The van der Waals surface area contributed by atoms with Crippen molar-refractivity contribution in [3.05, 3.63) is 111 Å². The number of carbonyl (C=O) groups excluding carboxylic acids is 2. The molecule has 1 amide bonds. The average molecular weight is 433 g/mol. The summed E-state index contributed by atoms with van der Waals surface area (Å²) in [6.45, 7) is -0.00797. The quantitative estimate of drug-likeness (QED) is 0.216. The molecule has 1 atom stereocenters. The van der Waals surface area contributed by atoms with Crippen molar-refractivity contribution in [1.82, 2.24) is 9.88 Å². The molecule has 0 radical (unpaired) electrons. The number of non-ortho nitro benzene ring substituents is 1. The molecule has 0 saturated carbocycles. The van der Waals surface area contributed by atoms with Gasteiger partial charge in [0.15, 0.2) is 0 Å². The second-order valence-electron chi connectivity index (χ2n) is 7.15. The number of pyridine rings is 1. The number of aromatic nitrogens is 1. The fourth-order valence-corrected chi connectivity index (χ4v) is 3.65. The van der Waals surface area contributed by atoms with Gasteiger partial charge in [0.05, 0.1) is 16.5 Å². The van der Waals surface area contributed by atoms with Gasteiger partial charge in [0, 0.05) is 36.6 Å². The largest absolute Gasteiger partial charge is 0.507 e. The molecule has 2 aromatic carbocycles. The maximum atomic E-state index is 13.3. The Hall–Kier alpha value is -4.40. The number of nitro groups is 1. The molecule has 9 heteroatoms. The van der Waals surface area contributed by atoms with Crippen molar-refractivity contribution in [2.45, 2.75) is 12.6 Å². The lowest BCUT2D eigenvalue weighted by molar-refractivity contribution is -0.384. The lowest BCUT2D eigenvalue weighted by atomic mass is 9.95. The van der Waals surface area contributed by atoms with Crippen LogP contribution < -0.4 is 0 Å². The molecule has 2 heterocycles. The third kappa shape index (κ3) is 3.83. The first kappa shape index (κ1) is 20.9. The molecule has 1 saturated heterocycles. The van der Waals surface area contributed by atoms with Crippen LogP contribution in [0.3, 0.4) is 0 Å². The van der Waals surface area contributed by atoms with Crippen molar-refractivity contribution in [3.63, 3.8) is 0 Å². The Kier molecular flexibility index (Phi) is 5.46. The lowest BCUT2D eigenvalue weighted by Crippen LogP contribution is -2.29. The maximum Gasteiger partial charge on any atom is 0.295 e. The zero-order valence-corrected chi connectivity index (χ0v) is 16.5. The smallest absolute Gasteiger partial charge is 0.295 e. The van der Waals surface area contributed by atoms with E-state index in [1.54, 1.807) is 18.3 Å². The minimum absolute atomic E-state index is 0.00797. The second kappa shape index (κ2) is 8.38. The molecule has 1 aliphatic heterocycles. The van der Waals surface area contributed by atoms with Gasteiger partial charge in [-0.25, -0.2) is 4.39 Å². The van der Waals surface area contributed by atoms with Crippen molar-refractivity contribution in [2.75, 3.05) is 0 Å². The van der Waals surface area contributed by atoms with E-state index in [0.29, 0.717) is 5.56 Å². The van der Waals surface area contributed by atoms with Crippen molar-refractivity contribution < 1.29 is 24.0 Å². The van der Waals surface area contributed by atoms with E-state index in [-0.39, 0.29) is 28.9 Å². The standard InChI is InChI=1S/C23H16FN3O5/c24-17-8-6-15(7-9-17)21(28)19-20(16-4-1-5-18(11-16)27(31)32)26(23(30)22(19)29)13-14-3-2-10-25-12-14/h1-12,20,28H,13H2/t20-/m0/s1. The summed E-state index contributed by atoms with van der Waals surface area (Å²) in [5, 5.41) is 22.2. The van der Waals surface area contributed by atoms with E-state index < -0.39 is 34.2 Å². The SMILES string of the molecule is O=C1C(=O)N(Cc2cccnc2)[C@@H](c2cccc([N+](=O)[O-])c2)C1=C(O)c1ccc(F)cc1. The predicted molar refractivity (Wildman–Crippen MR) is 112 cm³/mol. The van der Waals surface area contributed by atoms with Crippen LogP contribution in [0.4, 0.5) is 10.1 Å². The number of rotatable bonds is 5. The molecule has 160 valence electrons. The van der Waals surface area contributed by atoms with E-state index in [1.165, 1.54) is 47.5 Å². The van der Waals surface area contributed by atoms with Gasteiger partial charge < -0.3 is 10.0 Å². The highest BCUT2D eigenvalue weighted by atomic mass is 19.1. The van der Waals surface area contributed by atoms with Gasteiger partial charge in [0.1, 0.15) is 11.6 Å². The van der Waals surface area contributed by atoms with Gasteiger partial charge in [0.2, 0.25) is 0 Å². The predicted octanol–water partition coefficient (Wildman–Crippen LogP) is 3.75. The summed E-state index contributed by atoms with van der Waals surface area (Å²) in [5.74, 6) is -2.83. The number of hydrogen-bond acceptors (Lipinski definition) is 6. The first-order valence-electron chi connectivity index (χ1n) is 9.54. The number of Topliss-reactive ketones (excluding diaryl/α,β-unsaturated/α-hetero) is 1. The van der Waals surface area contributed by atoms with E-state index in [9.17, 15) is 29.2 Å². The number of hydrogen-bond donors (Lipinski definition) is 1. The number of nitro benzene ring substituents is 1. The average Bonchev–Trinajstić information content (AvgIpc) is 3.05. The zero-order chi connectivity index (χ0) is 22.8.